The Bertz CT molecular complexity index is 99.0. The monoisotopic (exact) mass is 155 g/mol. The summed E-state index contributed by atoms with van der Waals surface area (Å²) in [5.41, 5.74) is 0. The Morgan fingerprint density at radius 1 is 1.27 bits per heavy atom. The van der Waals surface area contributed by atoms with Gasteiger partial charge >= 0.3 is 0 Å². The maximum Gasteiger partial charge on any atom is 0.00950 e. The molecular formula is C10H21N. The van der Waals surface area contributed by atoms with Crippen LogP contribution >= 0.6 is 0 Å². The van der Waals surface area contributed by atoms with E-state index in [0.29, 0.717) is 0 Å². The minimum absolute atomic E-state index is 0.916. The molecule has 1 atom stereocenters. The molecule has 0 aromatic heterocycles. The Labute approximate surface area is 70.8 Å². The first-order valence-corrected chi connectivity index (χ1v) is 5.12. The topological polar surface area (TPSA) is 3.24 Å². The summed E-state index contributed by atoms with van der Waals surface area (Å²) < 4.78 is 0. The normalized spacial score (nSPS) is 27.3. The van der Waals surface area contributed by atoms with Crippen LogP contribution in [0.2, 0.25) is 0 Å². The van der Waals surface area contributed by atoms with E-state index in [9.17, 15) is 0 Å². The van der Waals surface area contributed by atoms with E-state index in [1.165, 1.54) is 45.2 Å². The maximum absolute atomic E-state index is 2.65. The van der Waals surface area contributed by atoms with Crippen molar-refractivity contribution in [3.8, 4) is 0 Å². The number of hydrogen-bond donors (Lipinski definition) is 0. The summed E-state index contributed by atoms with van der Waals surface area (Å²) in [6.07, 6.45) is 7.09. The van der Waals surface area contributed by atoms with Crippen LogP contribution in [0.25, 0.3) is 0 Å². The zero-order valence-corrected chi connectivity index (χ0v) is 7.97. The molecule has 1 rings (SSSR count). The SMILES string of the molecule is CCC[C@H]1CCCCN1CC. The highest BCUT2D eigenvalue weighted by Gasteiger charge is 2.19. The van der Waals surface area contributed by atoms with Crippen LogP contribution in [0.4, 0.5) is 0 Å². The van der Waals surface area contributed by atoms with Gasteiger partial charge in [0.15, 0.2) is 0 Å². The van der Waals surface area contributed by atoms with Crippen LogP contribution in [0, 0.1) is 0 Å². The molecule has 0 unspecified atom stereocenters. The number of nitrogens with zero attached hydrogens (tertiary/aromatic N) is 1. The Hall–Kier alpha value is -0.0400. The van der Waals surface area contributed by atoms with E-state index in [2.05, 4.69) is 18.7 Å². The zero-order chi connectivity index (χ0) is 8.10. The van der Waals surface area contributed by atoms with Gasteiger partial charge in [0.25, 0.3) is 0 Å². The van der Waals surface area contributed by atoms with Gasteiger partial charge < -0.3 is 4.90 Å². The second kappa shape index (κ2) is 4.76. The van der Waals surface area contributed by atoms with Crippen LogP contribution in [0.5, 0.6) is 0 Å². The van der Waals surface area contributed by atoms with Crippen LogP contribution in [0.3, 0.4) is 0 Å². The van der Waals surface area contributed by atoms with Crippen molar-refractivity contribution < 1.29 is 0 Å². The standard InChI is InChI=1S/C10H21N/c1-3-7-10-8-5-6-9-11(10)4-2/h10H,3-9H2,1-2H3/t10-/m0/s1. The lowest BCUT2D eigenvalue weighted by Crippen LogP contribution is -2.38. The fraction of sp³-hybridized carbons (Fsp3) is 1.00. The van der Waals surface area contributed by atoms with Crippen LogP contribution in [0.1, 0.15) is 46.0 Å². The van der Waals surface area contributed by atoms with Gasteiger partial charge in [-0.3, -0.25) is 0 Å². The first-order chi connectivity index (χ1) is 5.38. The van der Waals surface area contributed by atoms with Crippen molar-refractivity contribution >= 4 is 0 Å². The molecule has 0 amide bonds. The minimum Gasteiger partial charge on any atom is -0.301 e. The minimum atomic E-state index is 0.916. The Morgan fingerprint density at radius 2 is 2.09 bits per heavy atom. The maximum atomic E-state index is 2.65. The molecule has 0 N–H and O–H groups in total. The summed E-state index contributed by atoms with van der Waals surface area (Å²) in [5, 5.41) is 0. The van der Waals surface area contributed by atoms with Gasteiger partial charge in [0.1, 0.15) is 0 Å². The molecule has 1 fully saturated rings. The third kappa shape index (κ3) is 2.48. The van der Waals surface area contributed by atoms with E-state index in [1.54, 1.807) is 0 Å². The molecule has 0 aromatic rings. The van der Waals surface area contributed by atoms with Gasteiger partial charge in [-0.2, -0.15) is 0 Å². The van der Waals surface area contributed by atoms with Crippen LogP contribution in [0.15, 0.2) is 0 Å². The summed E-state index contributed by atoms with van der Waals surface area (Å²) in [6.45, 7) is 7.18. The highest BCUT2D eigenvalue weighted by molar-refractivity contribution is 4.75. The lowest BCUT2D eigenvalue weighted by molar-refractivity contribution is 0.147. The molecule has 1 saturated heterocycles. The van der Waals surface area contributed by atoms with E-state index in [4.69, 9.17) is 0 Å². The predicted molar refractivity (Wildman–Crippen MR) is 49.8 cm³/mol. The van der Waals surface area contributed by atoms with E-state index >= 15 is 0 Å². The smallest absolute Gasteiger partial charge is 0.00950 e. The van der Waals surface area contributed by atoms with Gasteiger partial charge in [-0.05, 0) is 32.4 Å². The first kappa shape index (κ1) is 9.05. The van der Waals surface area contributed by atoms with Crippen LogP contribution in [-0.4, -0.2) is 24.0 Å². The zero-order valence-electron chi connectivity index (χ0n) is 7.97. The lowest BCUT2D eigenvalue weighted by Gasteiger charge is -2.34. The van der Waals surface area contributed by atoms with E-state index < -0.39 is 0 Å². The molecule has 1 heteroatoms. The van der Waals surface area contributed by atoms with Crippen molar-refractivity contribution in [2.24, 2.45) is 0 Å². The molecule has 66 valence electrons. The lowest BCUT2D eigenvalue weighted by atomic mass is 9.98. The van der Waals surface area contributed by atoms with E-state index in [1.807, 2.05) is 0 Å². The average Bonchev–Trinajstić information content (AvgIpc) is 2.06. The number of piperidine rings is 1. The van der Waals surface area contributed by atoms with E-state index in [-0.39, 0.29) is 0 Å². The molecule has 1 aliphatic heterocycles. The Morgan fingerprint density at radius 3 is 2.73 bits per heavy atom. The number of likely N-dealkylation sites (tertiary alicyclic amines) is 1. The van der Waals surface area contributed by atoms with Crippen molar-refractivity contribution in [1.29, 1.82) is 0 Å². The molecule has 11 heavy (non-hydrogen) atoms. The fourth-order valence-electron chi connectivity index (χ4n) is 2.14. The van der Waals surface area contributed by atoms with Gasteiger partial charge in [-0.15, -0.1) is 0 Å². The molecule has 1 heterocycles. The van der Waals surface area contributed by atoms with Crippen LogP contribution in [-0.2, 0) is 0 Å². The van der Waals surface area contributed by atoms with Gasteiger partial charge in [0, 0.05) is 6.04 Å². The molecule has 1 aliphatic rings. The predicted octanol–water partition coefficient (Wildman–Crippen LogP) is 2.66. The summed E-state index contributed by atoms with van der Waals surface area (Å²) in [6, 6.07) is 0.916. The molecule has 0 aromatic carbocycles. The van der Waals surface area contributed by atoms with Crippen molar-refractivity contribution in [1.82, 2.24) is 4.90 Å². The molecule has 0 spiro atoms. The quantitative estimate of drug-likeness (QED) is 0.605. The van der Waals surface area contributed by atoms with Gasteiger partial charge in [-0.25, -0.2) is 0 Å². The first-order valence-electron chi connectivity index (χ1n) is 5.12. The largest absolute Gasteiger partial charge is 0.301 e. The highest BCUT2D eigenvalue weighted by atomic mass is 15.2. The highest BCUT2D eigenvalue weighted by Crippen LogP contribution is 2.19. The molecular weight excluding hydrogens is 134 g/mol. The van der Waals surface area contributed by atoms with Crippen molar-refractivity contribution in [3.63, 3.8) is 0 Å². The summed E-state index contributed by atoms with van der Waals surface area (Å²) in [7, 11) is 0. The van der Waals surface area contributed by atoms with Crippen molar-refractivity contribution in [2.75, 3.05) is 13.1 Å². The van der Waals surface area contributed by atoms with Gasteiger partial charge in [0.2, 0.25) is 0 Å². The molecule has 0 saturated carbocycles. The number of hydrogen-bond acceptors (Lipinski definition) is 1. The molecule has 0 radical (unpaired) electrons. The third-order valence-electron chi connectivity index (χ3n) is 2.78. The summed E-state index contributed by atoms with van der Waals surface area (Å²) in [4.78, 5) is 2.65. The summed E-state index contributed by atoms with van der Waals surface area (Å²) >= 11 is 0. The fourth-order valence-corrected chi connectivity index (χ4v) is 2.14. The average molecular weight is 155 g/mol. The molecule has 1 nitrogen and oxygen atoms in total. The summed E-state index contributed by atoms with van der Waals surface area (Å²) in [5.74, 6) is 0. The van der Waals surface area contributed by atoms with Crippen molar-refractivity contribution in [2.45, 2.75) is 52.0 Å². The molecule has 0 bridgehead atoms. The third-order valence-corrected chi connectivity index (χ3v) is 2.78. The van der Waals surface area contributed by atoms with Gasteiger partial charge in [-0.1, -0.05) is 26.7 Å². The Kier molecular flexibility index (Phi) is 3.92. The second-order valence-corrected chi connectivity index (χ2v) is 3.57. The second-order valence-electron chi connectivity index (χ2n) is 3.57. The van der Waals surface area contributed by atoms with Crippen molar-refractivity contribution in [3.05, 3.63) is 0 Å². The number of rotatable bonds is 3. The van der Waals surface area contributed by atoms with E-state index in [0.717, 1.165) is 6.04 Å². The Balaban J connectivity index is 2.31. The van der Waals surface area contributed by atoms with Crippen LogP contribution < -0.4 is 0 Å². The molecule has 0 aliphatic carbocycles. The van der Waals surface area contributed by atoms with Gasteiger partial charge in [0.05, 0.1) is 0 Å².